The maximum atomic E-state index is 13.3. The summed E-state index contributed by atoms with van der Waals surface area (Å²) in [6.07, 6.45) is 1.80. The van der Waals surface area contributed by atoms with Crippen molar-refractivity contribution < 1.29 is 15.0 Å². The SMILES string of the molecule is Cc1ncc(C)c(-c2ccc(N(Cc3ccsc3)C(=O)c3ccc(O)cc3O)cc2)n1. The molecule has 0 aliphatic heterocycles. The highest BCUT2D eigenvalue weighted by atomic mass is 32.1. The number of aryl methyl sites for hydroxylation is 2. The van der Waals surface area contributed by atoms with Gasteiger partial charge in [0.1, 0.15) is 17.3 Å². The van der Waals surface area contributed by atoms with Gasteiger partial charge in [-0.15, -0.1) is 0 Å². The lowest BCUT2D eigenvalue weighted by Crippen LogP contribution is -2.30. The third-order valence-electron chi connectivity index (χ3n) is 4.92. The molecule has 2 N–H and O–H groups in total. The zero-order valence-electron chi connectivity index (χ0n) is 17.1. The van der Waals surface area contributed by atoms with E-state index >= 15 is 0 Å². The number of phenols is 2. The minimum Gasteiger partial charge on any atom is -0.508 e. The molecule has 31 heavy (non-hydrogen) atoms. The number of rotatable bonds is 5. The molecule has 0 bridgehead atoms. The van der Waals surface area contributed by atoms with Crippen LogP contribution in [0.2, 0.25) is 0 Å². The molecular weight excluding hydrogens is 410 g/mol. The van der Waals surface area contributed by atoms with E-state index in [1.807, 2.05) is 54.9 Å². The highest BCUT2D eigenvalue weighted by Gasteiger charge is 2.22. The first-order chi connectivity index (χ1) is 14.9. The van der Waals surface area contributed by atoms with Gasteiger partial charge in [0.2, 0.25) is 0 Å². The number of carbonyl (C=O) groups is 1. The first-order valence-electron chi connectivity index (χ1n) is 9.68. The second kappa shape index (κ2) is 8.57. The second-order valence-corrected chi connectivity index (χ2v) is 8.00. The molecule has 2 aromatic carbocycles. The van der Waals surface area contributed by atoms with Crippen LogP contribution in [0.25, 0.3) is 11.3 Å². The van der Waals surface area contributed by atoms with Gasteiger partial charge in [0, 0.05) is 23.5 Å². The van der Waals surface area contributed by atoms with Crippen molar-refractivity contribution in [2.75, 3.05) is 4.90 Å². The predicted octanol–water partition coefficient (Wildman–Crippen LogP) is 5.08. The molecule has 7 heteroatoms. The fraction of sp³-hybridized carbons (Fsp3) is 0.125. The molecule has 0 aliphatic rings. The predicted molar refractivity (Wildman–Crippen MR) is 122 cm³/mol. The summed E-state index contributed by atoms with van der Waals surface area (Å²) in [7, 11) is 0. The molecule has 0 saturated heterocycles. The van der Waals surface area contributed by atoms with Gasteiger partial charge in [-0.05, 0) is 66.1 Å². The molecule has 0 spiro atoms. The minimum atomic E-state index is -0.356. The van der Waals surface area contributed by atoms with E-state index in [0.29, 0.717) is 18.1 Å². The first-order valence-corrected chi connectivity index (χ1v) is 10.6. The highest BCUT2D eigenvalue weighted by molar-refractivity contribution is 7.07. The van der Waals surface area contributed by atoms with E-state index < -0.39 is 0 Å². The van der Waals surface area contributed by atoms with Crippen molar-refractivity contribution in [1.82, 2.24) is 9.97 Å². The van der Waals surface area contributed by atoms with Crippen molar-refractivity contribution in [3.8, 4) is 22.8 Å². The molecule has 0 atom stereocenters. The average molecular weight is 432 g/mol. The van der Waals surface area contributed by atoms with E-state index in [1.54, 1.807) is 22.4 Å². The van der Waals surface area contributed by atoms with Crippen molar-refractivity contribution in [3.63, 3.8) is 0 Å². The fourth-order valence-corrected chi connectivity index (χ4v) is 3.97. The lowest BCUT2D eigenvalue weighted by atomic mass is 10.1. The number of nitrogens with zero attached hydrogens (tertiary/aromatic N) is 3. The van der Waals surface area contributed by atoms with Crippen LogP contribution in [0, 0.1) is 13.8 Å². The molecular formula is C24H21N3O3S. The molecule has 4 rings (SSSR count). The number of benzene rings is 2. The number of thiophene rings is 1. The van der Waals surface area contributed by atoms with Gasteiger partial charge in [0.25, 0.3) is 5.91 Å². The van der Waals surface area contributed by atoms with Crippen LogP contribution < -0.4 is 4.90 Å². The smallest absolute Gasteiger partial charge is 0.262 e. The van der Waals surface area contributed by atoms with E-state index in [1.165, 1.54) is 18.2 Å². The zero-order valence-corrected chi connectivity index (χ0v) is 17.9. The van der Waals surface area contributed by atoms with Gasteiger partial charge in [0.05, 0.1) is 17.8 Å². The molecule has 0 unspecified atom stereocenters. The highest BCUT2D eigenvalue weighted by Crippen LogP contribution is 2.29. The summed E-state index contributed by atoms with van der Waals surface area (Å²) in [5.41, 5.74) is 4.56. The fourth-order valence-electron chi connectivity index (χ4n) is 3.31. The summed E-state index contributed by atoms with van der Waals surface area (Å²) in [4.78, 5) is 23.7. The molecule has 1 amide bonds. The van der Waals surface area contributed by atoms with Crippen LogP contribution in [0.5, 0.6) is 11.5 Å². The Hall–Kier alpha value is -3.71. The summed E-state index contributed by atoms with van der Waals surface area (Å²) in [6.45, 7) is 4.17. The Balaban J connectivity index is 1.71. The standard InChI is InChI=1S/C24H21N3O3S/c1-15-12-25-16(2)26-23(15)18-3-5-19(6-4-18)27(13-17-9-10-31-14-17)24(30)21-8-7-20(28)11-22(21)29/h3-12,14,28-29H,13H2,1-2H3. The number of hydrogen-bond acceptors (Lipinski definition) is 6. The van der Waals surface area contributed by atoms with Crippen molar-refractivity contribution in [3.05, 3.63) is 88.0 Å². The first kappa shape index (κ1) is 20.6. The van der Waals surface area contributed by atoms with Crippen LogP contribution in [0.4, 0.5) is 5.69 Å². The molecule has 4 aromatic rings. The maximum absolute atomic E-state index is 13.3. The number of carbonyl (C=O) groups excluding carboxylic acids is 1. The van der Waals surface area contributed by atoms with Crippen molar-refractivity contribution >= 4 is 22.9 Å². The van der Waals surface area contributed by atoms with Crippen LogP contribution in [0.15, 0.2) is 65.5 Å². The van der Waals surface area contributed by atoms with Crippen molar-refractivity contribution in [1.29, 1.82) is 0 Å². The number of anilines is 1. The summed E-state index contributed by atoms with van der Waals surface area (Å²) in [5, 5.41) is 23.7. The number of hydrogen-bond donors (Lipinski definition) is 2. The summed E-state index contributed by atoms with van der Waals surface area (Å²) < 4.78 is 0. The molecule has 2 aromatic heterocycles. The maximum Gasteiger partial charge on any atom is 0.262 e. The largest absolute Gasteiger partial charge is 0.508 e. The van der Waals surface area contributed by atoms with E-state index in [-0.39, 0.29) is 23.0 Å². The molecule has 2 heterocycles. The van der Waals surface area contributed by atoms with Gasteiger partial charge in [0.15, 0.2) is 0 Å². The van der Waals surface area contributed by atoms with Crippen LogP contribution in [-0.4, -0.2) is 26.1 Å². The lowest BCUT2D eigenvalue weighted by Gasteiger charge is -2.23. The molecule has 6 nitrogen and oxygen atoms in total. The summed E-state index contributed by atoms with van der Waals surface area (Å²) >= 11 is 1.56. The molecule has 156 valence electrons. The van der Waals surface area contributed by atoms with Crippen molar-refractivity contribution in [2.45, 2.75) is 20.4 Å². The summed E-state index contributed by atoms with van der Waals surface area (Å²) in [5.74, 6) is -0.0189. The van der Waals surface area contributed by atoms with Gasteiger partial charge >= 0.3 is 0 Å². The molecule has 0 saturated carbocycles. The van der Waals surface area contributed by atoms with Gasteiger partial charge in [-0.25, -0.2) is 9.97 Å². The van der Waals surface area contributed by atoms with Gasteiger partial charge in [-0.3, -0.25) is 4.79 Å². The Morgan fingerprint density at radius 3 is 2.52 bits per heavy atom. The Morgan fingerprint density at radius 2 is 1.84 bits per heavy atom. The Bertz CT molecular complexity index is 1220. The number of amides is 1. The lowest BCUT2D eigenvalue weighted by molar-refractivity contribution is 0.0982. The zero-order chi connectivity index (χ0) is 22.0. The number of aromatic nitrogens is 2. The van der Waals surface area contributed by atoms with Crippen molar-refractivity contribution in [2.24, 2.45) is 0 Å². The van der Waals surface area contributed by atoms with E-state index in [2.05, 4.69) is 9.97 Å². The molecule has 0 fully saturated rings. The van der Waals surface area contributed by atoms with Crippen LogP contribution >= 0.6 is 11.3 Å². The average Bonchev–Trinajstić information content (AvgIpc) is 3.27. The van der Waals surface area contributed by atoms with Gasteiger partial charge in [-0.1, -0.05) is 12.1 Å². The topological polar surface area (TPSA) is 86.6 Å². The third kappa shape index (κ3) is 4.41. The van der Waals surface area contributed by atoms with E-state index in [9.17, 15) is 15.0 Å². The number of aromatic hydroxyl groups is 2. The van der Waals surface area contributed by atoms with E-state index in [4.69, 9.17) is 0 Å². The van der Waals surface area contributed by atoms with E-state index in [0.717, 1.165) is 22.4 Å². The molecule has 0 aliphatic carbocycles. The summed E-state index contributed by atoms with van der Waals surface area (Å²) in [6, 6.07) is 13.5. The Labute approximate surface area is 184 Å². The van der Waals surface area contributed by atoms with Crippen LogP contribution in [0.1, 0.15) is 27.3 Å². The normalized spacial score (nSPS) is 10.8. The minimum absolute atomic E-state index is 0.0988. The van der Waals surface area contributed by atoms with Gasteiger partial charge < -0.3 is 15.1 Å². The third-order valence-corrected chi connectivity index (χ3v) is 5.65. The van der Waals surface area contributed by atoms with Crippen LogP contribution in [0.3, 0.4) is 0 Å². The Kier molecular flexibility index (Phi) is 5.68. The van der Waals surface area contributed by atoms with Crippen LogP contribution in [-0.2, 0) is 6.54 Å². The second-order valence-electron chi connectivity index (χ2n) is 7.22. The molecule has 0 radical (unpaired) electrons. The number of phenolic OH excluding ortho intramolecular Hbond substituents is 2. The Morgan fingerprint density at radius 1 is 1.06 bits per heavy atom. The van der Waals surface area contributed by atoms with Gasteiger partial charge in [-0.2, -0.15) is 11.3 Å². The monoisotopic (exact) mass is 431 g/mol. The quantitative estimate of drug-likeness (QED) is 0.460.